The van der Waals surface area contributed by atoms with Crippen molar-refractivity contribution in [3.63, 3.8) is 0 Å². The van der Waals surface area contributed by atoms with Crippen LogP contribution in [0.2, 0.25) is 0 Å². The molecule has 0 fully saturated rings. The maximum Gasteiger partial charge on any atom is 0.126 e. The van der Waals surface area contributed by atoms with E-state index in [1.807, 2.05) is 0 Å². The fourth-order valence-corrected chi connectivity index (χ4v) is 21.7. The first kappa shape index (κ1) is 80.1. The molecule has 0 N–H and O–H groups in total. The molecule has 0 amide bonds. The number of halogens is 4. The number of benzene rings is 8. The van der Waals surface area contributed by atoms with Crippen LogP contribution in [0.4, 0.5) is 0 Å². The number of fused-ring (bicyclic) bond motifs is 12. The highest BCUT2D eigenvalue weighted by Gasteiger charge is 2.38. The molecule has 0 spiro atoms. The molecule has 24 bridgehead atoms. The predicted octanol–water partition coefficient (Wildman–Crippen LogP) is 25.7. The first-order valence-corrected chi connectivity index (χ1v) is 42.6. The number of hydrogen-bond donors (Lipinski definition) is 0. The standard InChI is InChI=1S/C96H116Br4O8/c1-89(2,3)53-93(13,14)73-37-57-29-59-39-74(94(15,16)54-90(4,5)6)41-61-31-63-43-76(96(19,20)56-92(10,11)12)44-64-32-62-42-75(95(17,18)55-91(7,8)9)40-60-30-58(38-73)81(57)101-21-25-105-85-65-33-67-47-78(98)49-69(86(67)106-26-22-102-82(59)61)35-71-51-80(100)52-72(88(71)108-28-24-104-84(63)64)36-70-50-79(99)48-68(34-66(85)46-77(97)45-65)87(70)107-27-23-103-83(60)62/h37-52H,21-36,53-56H2,1-20H3. The van der Waals surface area contributed by atoms with Crippen LogP contribution < -0.4 is 37.9 Å². The van der Waals surface area contributed by atoms with Gasteiger partial charge in [0.15, 0.2) is 0 Å². The normalized spacial score (nSPS) is 15.9. The van der Waals surface area contributed by atoms with Gasteiger partial charge in [-0.05, 0) is 184 Å². The van der Waals surface area contributed by atoms with Gasteiger partial charge >= 0.3 is 0 Å². The molecule has 4 aliphatic heterocycles. The summed E-state index contributed by atoms with van der Waals surface area (Å²) in [5, 5.41) is 0. The lowest BCUT2D eigenvalue weighted by Gasteiger charge is -2.36. The van der Waals surface area contributed by atoms with Gasteiger partial charge in [-0.1, -0.05) is 251 Å². The fraction of sp³-hybridized carbons (Fsp3) is 0.500. The molecule has 0 saturated heterocycles. The van der Waals surface area contributed by atoms with E-state index in [2.05, 4.69) is 299 Å². The highest BCUT2D eigenvalue weighted by molar-refractivity contribution is 9.11. The van der Waals surface area contributed by atoms with E-state index in [1.54, 1.807) is 0 Å². The van der Waals surface area contributed by atoms with E-state index >= 15 is 0 Å². The average molecular weight is 1720 g/mol. The van der Waals surface area contributed by atoms with Crippen molar-refractivity contribution in [2.24, 2.45) is 21.7 Å². The zero-order chi connectivity index (χ0) is 77.6. The van der Waals surface area contributed by atoms with Crippen molar-refractivity contribution in [2.75, 3.05) is 52.9 Å². The number of ether oxygens (including phenoxy) is 8. The second kappa shape index (κ2) is 30.5. The summed E-state index contributed by atoms with van der Waals surface area (Å²) in [7, 11) is 0. The maximum atomic E-state index is 7.79. The summed E-state index contributed by atoms with van der Waals surface area (Å²) >= 11 is 16.3. The Balaban J connectivity index is 1.22. The topological polar surface area (TPSA) is 73.8 Å². The highest BCUT2D eigenvalue weighted by atomic mass is 79.9. The highest BCUT2D eigenvalue weighted by Crippen LogP contribution is 2.51. The monoisotopic (exact) mass is 1710 g/mol. The Morgan fingerprint density at radius 2 is 0.306 bits per heavy atom. The second-order valence-electron chi connectivity index (χ2n) is 39.4. The van der Waals surface area contributed by atoms with Gasteiger partial charge in [0, 0.05) is 114 Å². The quantitative estimate of drug-likeness (QED) is 0.149. The molecule has 0 saturated carbocycles. The van der Waals surface area contributed by atoms with Crippen molar-refractivity contribution in [2.45, 2.75) is 237 Å². The summed E-state index contributed by atoms with van der Waals surface area (Å²) in [4.78, 5) is 0. The summed E-state index contributed by atoms with van der Waals surface area (Å²) in [5.41, 5.74) is 20.8. The van der Waals surface area contributed by atoms with Crippen LogP contribution in [0.3, 0.4) is 0 Å². The molecule has 4 heterocycles. The lowest BCUT2D eigenvalue weighted by atomic mass is 9.70. The van der Waals surface area contributed by atoms with Gasteiger partial charge in [0.1, 0.15) is 98.9 Å². The van der Waals surface area contributed by atoms with Crippen molar-refractivity contribution in [3.05, 3.63) is 226 Å². The molecule has 0 atom stereocenters. The third-order valence-corrected chi connectivity index (χ3v) is 24.0. The third-order valence-electron chi connectivity index (χ3n) is 22.2. The minimum absolute atomic E-state index is 0.0112. The van der Waals surface area contributed by atoms with Crippen LogP contribution in [0.1, 0.15) is 275 Å². The molecule has 8 aromatic rings. The third kappa shape index (κ3) is 18.6. The zero-order valence-corrected chi connectivity index (χ0v) is 74.5. The molecule has 8 aromatic carbocycles. The molecule has 576 valence electrons. The van der Waals surface area contributed by atoms with E-state index in [0.29, 0.717) is 51.4 Å². The molecule has 12 heteroatoms. The molecular weight excluding hydrogens is 1600 g/mol. The summed E-state index contributed by atoms with van der Waals surface area (Å²) in [6.07, 6.45) is 7.76. The van der Waals surface area contributed by atoms with Crippen LogP contribution in [0.15, 0.2) is 115 Å². The Morgan fingerprint density at radius 1 is 0.194 bits per heavy atom. The smallest absolute Gasteiger partial charge is 0.126 e. The van der Waals surface area contributed by atoms with Crippen molar-refractivity contribution in [3.8, 4) is 46.0 Å². The largest absolute Gasteiger partial charge is 0.489 e. The predicted molar refractivity (Wildman–Crippen MR) is 457 cm³/mol. The molecule has 14 rings (SSSR count). The zero-order valence-electron chi connectivity index (χ0n) is 68.2. The van der Waals surface area contributed by atoms with Gasteiger partial charge in [-0.25, -0.2) is 0 Å². The van der Waals surface area contributed by atoms with Crippen LogP contribution in [0.25, 0.3) is 0 Å². The first-order valence-electron chi connectivity index (χ1n) is 39.4. The van der Waals surface area contributed by atoms with Crippen molar-refractivity contribution < 1.29 is 37.9 Å². The van der Waals surface area contributed by atoms with E-state index < -0.39 is 0 Å². The summed E-state index contributed by atoms with van der Waals surface area (Å²) in [5.74, 6) is 6.64. The van der Waals surface area contributed by atoms with Crippen LogP contribution >= 0.6 is 63.7 Å². The molecule has 8 nitrogen and oxygen atoms in total. The van der Waals surface area contributed by atoms with Gasteiger partial charge in [-0.3, -0.25) is 0 Å². The van der Waals surface area contributed by atoms with Crippen molar-refractivity contribution in [1.29, 1.82) is 0 Å². The van der Waals surface area contributed by atoms with Gasteiger partial charge in [0.05, 0.1) is 0 Å². The van der Waals surface area contributed by atoms with Gasteiger partial charge < -0.3 is 37.9 Å². The van der Waals surface area contributed by atoms with E-state index in [9.17, 15) is 0 Å². The van der Waals surface area contributed by atoms with Gasteiger partial charge in [-0.15, -0.1) is 0 Å². The van der Waals surface area contributed by atoms with Gasteiger partial charge in [-0.2, -0.15) is 0 Å². The molecule has 0 unspecified atom stereocenters. The molecule has 2 aliphatic carbocycles. The summed E-state index contributed by atoms with van der Waals surface area (Å²) < 4.78 is 65.0. The average Bonchev–Trinajstić information content (AvgIpc) is 0.719. The Bertz CT molecular complexity index is 3970. The lowest BCUT2D eigenvalue weighted by Crippen LogP contribution is -2.26. The number of rotatable bonds is 8. The fourth-order valence-electron chi connectivity index (χ4n) is 19.5. The molecule has 108 heavy (non-hydrogen) atoms. The molecular formula is C96H116Br4O8. The maximum absolute atomic E-state index is 7.79. The van der Waals surface area contributed by atoms with Gasteiger partial charge in [0.25, 0.3) is 0 Å². The van der Waals surface area contributed by atoms with E-state index in [0.717, 1.165) is 179 Å². The van der Waals surface area contributed by atoms with E-state index in [4.69, 9.17) is 37.9 Å². The first-order chi connectivity index (χ1) is 50.5. The van der Waals surface area contributed by atoms with Crippen molar-refractivity contribution in [1.82, 2.24) is 0 Å². The van der Waals surface area contributed by atoms with Crippen molar-refractivity contribution >= 4 is 63.7 Å². The number of hydrogen-bond acceptors (Lipinski definition) is 8. The minimum Gasteiger partial charge on any atom is -0.489 e. The Kier molecular flexibility index (Phi) is 22.7. The lowest BCUT2D eigenvalue weighted by molar-refractivity contribution is 0.206. The Morgan fingerprint density at radius 3 is 0.417 bits per heavy atom. The molecule has 0 radical (unpaired) electrons. The van der Waals surface area contributed by atoms with Crippen LogP contribution in [-0.4, -0.2) is 52.9 Å². The Hall–Kier alpha value is -5.92. The minimum atomic E-state index is -0.268. The SMILES string of the molecule is CC(C)(C)CC(C)(C)c1cc2c3c(c1)Cc1cc(C(C)(C)CC(C)(C)C)cc4c1OCCOc1c5cc(Br)cc1Cc1cc(Br)cc6c1OCCOc1c(cc(C(C)(C)CC(C)(C)C)cc1C4)Cc1cc(C(C)(C)CC(C)(C)C)cc(c1OCCOc1c(cc(Br)cc1C6)Cc1cc(Br)cc(c1OCCO3)C5)C2. The van der Waals surface area contributed by atoms with E-state index in [1.165, 1.54) is 22.3 Å². The van der Waals surface area contributed by atoms with E-state index in [-0.39, 0.29) is 96.2 Å². The molecule has 0 aromatic heterocycles. The van der Waals surface area contributed by atoms with Crippen LogP contribution in [0.5, 0.6) is 46.0 Å². The summed E-state index contributed by atoms with van der Waals surface area (Å²) in [6, 6.07) is 37.7. The summed E-state index contributed by atoms with van der Waals surface area (Å²) in [6.45, 7) is 50.1. The second-order valence-corrected chi connectivity index (χ2v) is 43.1. The molecule has 6 aliphatic rings. The Labute approximate surface area is 680 Å². The van der Waals surface area contributed by atoms with Gasteiger partial charge in [0.2, 0.25) is 0 Å². The van der Waals surface area contributed by atoms with Crippen LogP contribution in [0, 0.1) is 21.7 Å². The van der Waals surface area contributed by atoms with Crippen LogP contribution in [-0.2, 0) is 73.0 Å².